The van der Waals surface area contributed by atoms with Crippen LogP contribution < -0.4 is 0 Å². The Morgan fingerprint density at radius 1 is 0.857 bits per heavy atom. The van der Waals surface area contributed by atoms with Gasteiger partial charge in [0.2, 0.25) is 0 Å². The van der Waals surface area contributed by atoms with Gasteiger partial charge in [-0.25, -0.2) is 17.6 Å². The molecular formula is C7H8Cl2F4O. The summed E-state index contributed by atoms with van der Waals surface area (Å²) in [6.45, 7) is -6.28. The number of halogens is 6. The first-order valence-electron chi connectivity index (χ1n) is 3.57. The standard InChI is InChI=1S/C7H8Cl2F4O/c8-6(1-10,2-11)5(14)7(9,3-12)4-13/h1-4H2. The summed E-state index contributed by atoms with van der Waals surface area (Å²) in [6, 6.07) is 0. The quantitative estimate of drug-likeness (QED) is 0.526. The third kappa shape index (κ3) is 2.51. The molecule has 14 heavy (non-hydrogen) atoms. The maximum Gasteiger partial charge on any atom is 0.185 e. The fraction of sp³-hybridized carbons (Fsp3) is 0.857. The molecule has 0 radical (unpaired) electrons. The average Bonchev–Trinajstić information content (AvgIpc) is 2.25. The molecule has 84 valence electrons. The van der Waals surface area contributed by atoms with Gasteiger partial charge < -0.3 is 0 Å². The summed E-state index contributed by atoms with van der Waals surface area (Å²) in [6.07, 6.45) is 0. The van der Waals surface area contributed by atoms with Crippen molar-refractivity contribution in [2.75, 3.05) is 26.7 Å². The van der Waals surface area contributed by atoms with E-state index in [1.54, 1.807) is 0 Å². The Bertz CT molecular complexity index is 184. The van der Waals surface area contributed by atoms with E-state index in [-0.39, 0.29) is 0 Å². The van der Waals surface area contributed by atoms with Crippen LogP contribution >= 0.6 is 23.2 Å². The molecule has 0 atom stereocenters. The Morgan fingerprint density at radius 2 is 1.07 bits per heavy atom. The molecule has 0 aliphatic carbocycles. The molecule has 0 aliphatic heterocycles. The number of carbonyl (C=O) groups excluding carboxylic acids is 1. The lowest BCUT2D eigenvalue weighted by atomic mass is 9.94. The highest BCUT2D eigenvalue weighted by Gasteiger charge is 2.49. The molecule has 7 heteroatoms. The van der Waals surface area contributed by atoms with Gasteiger partial charge in [-0.2, -0.15) is 0 Å². The van der Waals surface area contributed by atoms with Gasteiger partial charge in [-0.05, 0) is 0 Å². The van der Waals surface area contributed by atoms with Gasteiger partial charge in [-0.15, -0.1) is 23.2 Å². The minimum Gasteiger partial charge on any atom is -0.295 e. The zero-order chi connectivity index (χ0) is 11.4. The van der Waals surface area contributed by atoms with Crippen molar-refractivity contribution in [1.29, 1.82) is 0 Å². The largest absolute Gasteiger partial charge is 0.295 e. The Hall–Kier alpha value is -0.0300. The van der Waals surface area contributed by atoms with E-state index in [1.807, 2.05) is 0 Å². The first-order chi connectivity index (χ1) is 6.40. The summed E-state index contributed by atoms with van der Waals surface area (Å²) in [5.74, 6) is -1.51. The third-order valence-electron chi connectivity index (χ3n) is 1.66. The minimum absolute atomic E-state index is 1.51. The average molecular weight is 255 g/mol. The van der Waals surface area contributed by atoms with Gasteiger partial charge in [0.15, 0.2) is 15.5 Å². The second-order valence-corrected chi connectivity index (χ2v) is 4.24. The highest BCUT2D eigenvalue weighted by molar-refractivity contribution is 6.45. The highest BCUT2D eigenvalue weighted by atomic mass is 35.5. The number of rotatable bonds is 6. The number of carbonyl (C=O) groups is 1. The molecule has 0 aromatic heterocycles. The lowest BCUT2D eigenvalue weighted by Gasteiger charge is -2.27. The van der Waals surface area contributed by atoms with Crippen molar-refractivity contribution in [3.8, 4) is 0 Å². The van der Waals surface area contributed by atoms with Crippen molar-refractivity contribution in [1.82, 2.24) is 0 Å². The van der Waals surface area contributed by atoms with E-state index in [2.05, 4.69) is 0 Å². The molecule has 0 aromatic rings. The second kappa shape index (κ2) is 5.16. The minimum atomic E-state index is -2.58. The van der Waals surface area contributed by atoms with E-state index in [1.165, 1.54) is 0 Å². The number of Topliss-reactive ketones (excluding diaryl/α,β-unsaturated/α-hetero) is 1. The van der Waals surface area contributed by atoms with E-state index < -0.39 is 42.2 Å². The molecule has 0 aliphatic rings. The predicted octanol–water partition coefficient (Wildman–Crippen LogP) is 2.39. The molecule has 0 N–H and O–H groups in total. The molecule has 0 fully saturated rings. The van der Waals surface area contributed by atoms with Gasteiger partial charge in [0, 0.05) is 0 Å². The second-order valence-electron chi connectivity index (χ2n) is 2.79. The molecule has 0 heterocycles. The number of ketones is 1. The molecule has 0 saturated heterocycles. The molecule has 0 unspecified atom stereocenters. The monoisotopic (exact) mass is 254 g/mol. The maximum absolute atomic E-state index is 12.2. The molecule has 0 bridgehead atoms. The molecule has 0 aromatic carbocycles. The summed E-state index contributed by atoms with van der Waals surface area (Å²) in [5, 5.41) is 0. The van der Waals surface area contributed by atoms with Crippen LogP contribution in [0.1, 0.15) is 0 Å². The van der Waals surface area contributed by atoms with Crippen molar-refractivity contribution in [2.24, 2.45) is 0 Å². The molecular weight excluding hydrogens is 247 g/mol. The highest BCUT2D eigenvalue weighted by Crippen LogP contribution is 2.30. The van der Waals surface area contributed by atoms with Crippen molar-refractivity contribution < 1.29 is 22.4 Å². The lowest BCUT2D eigenvalue weighted by molar-refractivity contribution is -0.126. The fourth-order valence-electron chi connectivity index (χ4n) is 0.716. The molecule has 0 amide bonds. The van der Waals surface area contributed by atoms with Gasteiger partial charge in [0.05, 0.1) is 0 Å². The summed E-state index contributed by atoms with van der Waals surface area (Å²) in [7, 11) is 0. The van der Waals surface area contributed by atoms with Crippen LogP contribution in [0.5, 0.6) is 0 Å². The summed E-state index contributed by atoms with van der Waals surface area (Å²) >= 11 is 10.4. The zero-order valence-corrected chi connectivity index (χ0v) is 8.52. The van der Waals surface area contributed by atoms with Crippen LogP contribution in [0.3, 0.4) is 0 Å². The van der Waals surface area contributed by atoms with E-state index in [9.17, 15) is 22.4 Å². The predicted molar refractivity (Wildman–Crippen MR) is 46.1 cm³/mol. The van der Waals surface area contributed by atoms with Crippen molar-refractivity contribution in [3.05, 3.63) is 0 Å². The topological polar surface area (TPSA) is 17.1 Å². The van der Waals surface area contributed by atoms with E-state index >= 15 is 0 Å². The lowest BCUT2D eigenvalue weighted by Crippen LogP contribution is -2.52. The van der Waals surface area contributed by atoms with Crippen LogP contribution in [-0.2, 0) is 4.79 Å². The number of hydrogen-bond donors (Lipinski definition) is 0. The number of hydrogen-bond acceptors (Lipinski definition) is 1. The van der Waals surface area contributed by atoms with Crippen molar-refractivity contribution in [2.45, 2.75) is 9.75 Å². The normalized spacial score (nSPS) is 13.0. The van der Waals surface area contributed by atoms with Gasteiger partial charge in [-0.1, -0.05) is 0 Å². The van der Waals surface area contributed by atoms with Crippen LogP contribution in [0.4, 0.5) is 17.6 Å². The van der Waals surface area contributed by atoms with Gasteiger partial charge in [-0.3, -0.25) is 4.79 Å². The smallest absolute Gasteiger partial charge is 0.185 e. The van der Waals surface area contributed by atoms with Crippen LogP contribution in [0.15, 0.2) is 0 Å². The van der Waals surface area contributed by atoms with Gasteiger partial charge >= 0.3 is 0 Å². The zero-order valence-electron chi connectivity index (χ0n) is 7.00. The van der Waals surface area contributed by atoms with E-state index in [4.69, 9.17) is 23.2 Å². The van der Waals surface area contributed by atoms with E-state index in [0.29, 0.717) is 0 Å². The van der Waals surface area contributed by atoms with Crippen molar-refractivity contribution in [3.63, 3.8) is 0 Å². The third-order valence-corrected chi connectivity index (χ3v) is 2.41. The SMILES string of the molecule is O=C(C(Cl)(CF)CF)C(Cl)(CF)CF. The summed E-state index contributed by atoms with van der Waals surface area (Å²) in [4.78, 5) is 6.02. The van der Waals surface area contributed by atoms with Gasteiger partial charge in [0.25, 0.3) is 0 Å². The first-order valence-corrected chi connectivity index (χ1v) is 4.32. The summed E-state index contributed by atoms with van der Waals surface area (Å²) in [5.41, 5.74) is 0. The van der Waals surface area contributed by atoms with Crippen molar-refractivity contribution >= 4 is 29.0 Å². The number of alkyl halides is 6. The van der Waals surface area contributed by atoms with Crippen LogP contribution in [0.2, 0.25) is 0 Å². The van der Waals surface area contributed by atoms with Crippen LogP contribution in [0, 0.1) is 0 Å². The van der Waals surface area contributed by atoms with E-state index in [0.717, 1.165) is 0 Å². The van der Waals surface area contributed by atoms with Crippen LogP contribution in [0.25, 0.3) is 0 Å². The molecule has 1 nitrogen and oxygen atoms in total. The van der Waals surface area contributed by atoms with Crippen LogP contribution in [-0.4, -0.2) is 42.2 Å². The Morgan fingerprint density at radius 3 is 1.21 bits per heavy atom. The fourth-order valence-corrected chi connectivity index (χ4v) is 1.13. The Kier molecular flexibility index (Phi) is 5.15. The Labute approximate surface area is 88.4 Å². The molecule has 0 spiro atoms. The maximum atomic E-state index is 12.2. The first kappa shape index (κ1) is 14.0. The molecule has 0 rings (SSSR count). The summed E-state index contributed by atoms with van der Waals surface area (Å²) < 4.78 is 48.8. The Balaban J connectivity index is 4.90. The molecule has 0 saturated carbocycles. The van der Waals surface area contributed by atoms with Gasteiger partial charge in [0.1, 0.15) is 26.7 Å².